The molecule has 1 aliphatic heterocycles. The summed E-state index contributed by atoms with van der Waals surface area (Å²) in [6, 6.07) is 2.29. The van der Waals surface area contributed by atoms with Gasteiger partial charge in [-0.1, -0.05) is 5.11 Å². The smallest absolute Gasteiger partial charge is 0.410 e. The molecule has 1 heterocycles. The zero-order chi connectivity index (χ0) is 16.6. The molecular formula is C14H24N6O2. The predicted molar refractivity (Wildman–Crippen MR) is 82.0 cm³/mol. The summed E-state index contributed by atoms with van der Waals surface area (Å²) < 4.78 is 5.37. The third-order valence-electron chi connectivity index (χ3n) is 3.32. The van der Waals surface area contributed by atoms with Crippen LogP contribution in [0.25, 0.3) is 10.4 Å². The van der Waals surface area contributed by atoms with E-state index in [2.05, 4.69) is 21.4 Å². The zero-order valence-corrected chi connectivity index (χ0v) is 13.5. The molecule has 8 heteroatoms. The normalized spacial score (nSPS) is 21.6. The maximum Gasteiger partial charge on any atom is 0.410 e. The molecule has 0 aromatic heterocycles. The Morgan fingerprint density at radius 2 is 2.32 bits per heavy atom. The average molecular weight is 308 g/mol. The van der Waals surface area contributed by atoms with E-state index in [-0.39, 0.29) is 6.09 Å². The van der Waals surface area contributed by atoms with Crippen molar-refractivity contribution in [2.24, 2.45) is 5.11 Å². The summed E-state index contributed by atoms with van der Waals surface area (Å²) in [4.78, 5) is 16.4. The Kier molecular flexibility index (Phi) is 6.47. The maximum atomic E-state index is 12.1. The van der Waals surface area contributed by atoms with Crippen LogP contribution in [-0.4, -0.2) is 48.3 Å². The molecule has 122 valence electrons. The van der Waals surface area contributed by atoms with E-state index in [1.54, 1.807) is 4.90 Å². The molecule has 0 spiro atoms. The van der Waals surface area contributed by atoms with Crippen LogP contribution in [0.3, 0.4) is 0 Å². The first kappa shape index (κ1) is 18.1. The molecule has 0 aromatic rings. The first-order chi connectivity index (χ1) is 10.3. The molecule has 1 atom stereocenters. The molecule has 1 unspecified atom stereocenters. The minimum Gasteiger partial charge on any atom is -0.444 e. The highest BCUT2D eigenvalue weighted by Gasteiger charge is 2.38. The van der Waals surface area contributed by atoms with Crippen LogP contribution in [0.4, 0.5) is 4.79 Å². The van der Waals surface area contributed by atoms with Gasteiger partial charge in [0.25, 0.3) is 0 Å². The zero-order valence-electron chi connectivity index (χ0n) is 13.5. The summed E-state index contributed by atoms with van der Waals surface area (Å²) in [6.07, 6.45) is 1.70. The molecule has 8 nitrogen and oxygen atoms in total. The average Bonchev–Trinajstić information content (AvgIpc) is 2.45. The summed E-state index contributed by atoms with van der Waals surface area (Å²) in [7, 11) is 0. The Labute approximate surface area is 131 Å². The van der Waals surface area contributed by atoms with Crippen LogP contribution in [0.5, 0.6) is 0 Å². The maximum absolute atomic E-state index is 12.1. The molecule has 1 rings (SSSR count). The van der Waals surface area contributed by atoms with E-state index >= 15 is 0 Å². The number of amides is 1. The lowest BCUT2D eigenvalue weighted by Gasteiger charge is -2.39. The van der Waals surface area contributed by atoms with Gasteiger partial charge in [0.1, 0.15) is 11.1 Å². The number of azide groups is 1. The second-order valence-corrected chi connectivity index (χ2v) is 6.43. The number of hydrogen-bond acceptors (Lipinski definition) is 5. The van der Waals surface area contributed by atoms with E-state index in [0.29, 0.717) is 39.0 Å². The minimum absolute atomic E-state index is 0.305. The van der Waals surface area contributed by atoms with Crippen molar-refractivity contribution >= 4 is 6.09 Å². The number of nitriles is 1. The molecule has 1 aliphatic rings. The number of nitrogens with zero attached hydrogens (tertiary/aromatic N) is 5. The molecular weight excluding hydrogens is 284 g/mol. The van der Waals surface area contributed by atoms with Gasteiger partial charge in [-0.3, -0.25) is 5.32 Å². The van der Waals surface area contributed by atoms with Crippen LogP contribution in [0.2, 0.25) is 0 Å². The topological polar surface area (TPSA) is 114 Å². The number of hydrogen-bond donors (Lipinski definition) is 1. The Morgan fingerprint density at radius 3 is 2.91 bits per heavy atom. The van der Waals surface area contributed by atoms with Gasteiger partial charge in [0, 0.05) is 18.0 Å². The fourth-order valence-electron chi connectivity index (χ4n) is 2.34. The highest BCUT2D eigenvalue weighted by molar-refractivity contribution is 5.68. The molecule has 0 bridgehead atoms. The van der Waals surface area contributed by atoms with Crippen molar-refractivity contribution in [1.29, 1.82) is 5.26 Å². The van der Waals surface area contributed by atoms with Crippen molar-refractivity contribution in [3.63, 3.8) is 0 Å². The van der Waals surface area contributed by atoms with Gasteiger partial charge in [-0.2, -0.15) is 5.26 Å². The van der Waals surface area contributed by atoms with E-state index in [1.807, 2.05) is 20.8 Å². The predicted octanol–water partition coefficient (Wildman–Crippen LogP) is 2.57. The van der Waals surface area contributed by atoms with Crippen LogP contribution < -0.4 is 5.32 Å². The number of piperidine rings is 1. The summed E-state index contributed by atoms with van der Waals surface area (Å²) in [5.74, 6) is 0. The number of ether oxygens (including phenoxy) is 1. The van der Waals surface area contributed by atoms with E-state index < -0.39 is 11.1 Å². The number of carbonyl (C=O) groups excluding carboxylic acids is 1. The van der Waals surface area contributed by atoms with Gasteiger partial charge in [0.2, 0.25) is 0 Å². The van der Waals surface area contributed by atoms with Crippen molar-refractivity contribution in [3.8, 4) is 6.07 Å². The monoisotopic (exact) mass is 308 g/mol. The lowest BCUT2D eigenvalue weighted by Crippen LogP contribution is -2.58. The van der Waals surface area contributed by atoms with Crippen molar-refractivity contribution in [1.82, 2.24) is 10.2 Å². The fourth-order valence-corrected chi connectivity index (χ4v) is 2.34. The van der Waals surface area contributed by atoms with Gasteiger partial charge in [0.15, 0.2) is 0 Å². The molecule has 1 fully saturated rings. The molecule has 1 saturated heterocycles. The third kappa shape index (κ3) is 5.80. The van der Waals surface area contributed by atoms with Crippen LogP contribution in [0.15, 0.2) is 5.11 Å². The van der Waals surface area contributed by atoms with E-state index in [9.17, 15) is 10.1 Å². The van der Waals surface area contributed by atoms with Crippen LogP contribution in [0, 0.1) is 11.3 Å². The minimum atomic E-state index is -0.758. The van der Waals surface area contributed by atoms with E-state index in [1.165, 1.54) is 0 Å². The standard InChI is InChI=1S/C14H24N6O2/c1-13(2,3)22-12(21)20-9-4-6-14(10-15,11-20)17-7-5-8-18-19-16/h17H,4-9,11H2,1-3H3. The summed E-state index contributed by atoms with van der Waals surface area (Å²) in [5.41, 5.74) is 6.92. The SMILES string of the molecule is CC(C)(C)OC(=O)N1CCCC(C#N)(NCCCN=[N+]=[N-])C1. The highest BCUT2D eigenvalue weighted by atomic mass is 16.6. The van der Waals surface area contributed by atoms with Gasteiger partial charge in [-0.15, -0.1) is 0 Å². The number of nitrogens with one attached hydrogen (secondary N) is 1. The first-order valence-electron chi connectivity index (χ1n) is 7.47. The number of likely N-dealkylation sites (tertiary alicyclic amines) is 1. The second kappa shape index (κ2) is 7.87. The molecule has 0 aromatic carbocycles. The summed E-state index contributed by atoms with van der Waals surface area (Å²) in [6.45, 7) is 7.31. The van der Waals surface area contributed by atoms with Crippen molar-refractivity contribution in [2.45, 2.75) is 51.2 Å². The summed E-state index contributed by atoms with van der Waals surface area (Å²) in [5, 5.41) is 16.2. The first-order valence-corrected chi connectivity index (χ1v) is 7.47. The second-order valence-electron chi connectivity index (χ2n) is 6.43. The van der Waals surface area contributed by atoms with Crippen LogP contribution in [0.1, 0.15) is 40.0 Å². The Bertz CT molecular complexity index is 475. The quantitative estimate of drug-likeness (QED) is 0.364. The van der Waals surface area contributed by atoms with Crippen LogP contribution >= 0.6 is 0 Å². The Balaban J connectivity index is 2.59. The van der Waals surface area contributed by atoms with Crippen molar-refractivity contribution in [2.75, 3.05) is 26.2 Å². The van der Waals surface area contributed by atoms with Crippen LogP contribution in [-0.2, 0) is 4.74 Å². The largest absolute Gasteiger partial charge is 0.444 e. The third-order valence-corrected chi connectivity index (χ3v) is 3.32. The van der Waals surface area contributed by atoms with E-state index in [4.69, 9.17) is 10.3 Å². The van der Waals surface area contributed by atoms with Gasteiger partial charge in [0.05, 0.1) is 12.6 Å². The van der Waals surface area contributed by atoms with Gasteiger partial charge in [-0.05, 0) is 52.1 Å². The van der Waals surface area contributed by atoms with Crippen molar-refractivity contribution in [3.05, 3.63) is 10.4 Å². The molecule has 1 amide bonds. The highest BCUT2D eigenvalue weighted by Crippen LogP contribution is 2.22. The lowest BCUT2D eigenvalue weighted by molar-refractivity contribution is 0.0151. The van der Waals surface area contributed by atoms with Gasteiger partial charge in [-0.25, -0.2) is 4.79 Å². The number of rotatable bonds is 5. The molecule has 0 aliphatic carbocycles. The van der Waals surface area contributed by atoms with Crippen molar-refractivity contribution < 1.29 is 9.53 Å². The Hall–Kier alpha value is -1.97. The number of carbonyl (C=O) groups is 1. The molecule has 1 N–H and O–H groups in total. The Morgan fingerprint density at radius 1 is 1.59 bits per heavy atom. The molecule has 0 saturated carbocycles. The lowest BCUT2D eigenvalue weighted by atomic mass is 9.90. The fraction of sp³-hybridized carbons (Fsp3) is 0.857. The summed E-state index contributed by atoms with van der Waals surface area (Å²) >= 11 is 0. The van der Waals surface area contributed by atoms with Gasteiger partial charge < -0.3 is 9.64 Å². The molecule has 22 heavy (non-hydrogen) atoms. The van der Waals surface area contributed by atoms with Gasteiger partial charge >= 0.3 is 6.09 Å². The van der Waals surface area contributed by atoms with E-state index in [0.717, 1.165) is 6.42 Å². The molecule has 0 radical (unpaired) electrons.